The van der Waals surface area contributed by atoms with Crippen LogP contribution in [0.3, 0.4) is 0 Å². The normalized spacial score (nSPS) is 10.2. The SMILES string of the molecule is COc1cccc(-c2nc(CN)cc(=O)[nH]2)c1. The average Bonchev–Trinajstić information content (AvgIpc) is 2.38. The molecule has 0 amide bonds. The van der Waals surface area contributed by atoms with Crippen molar-refractivity contribution in [3.8, 4) is 17.1 Å². The summed E-state index contributed by atoms with van der Waals surface area (Å²) in [5.41, 5.74) is 6.62. The van der Waals surface area contributed by atoms with Crippen LogP contribution < -0.4 is 16.0 Å². The molecule has 0 spiro atoms. The minimum absolute atomic E-state index is 0.210. The molecule has 0 bridgehead atoms. The van der Waals surface area contributed by atoms with Gasteiger partial charge in [0.1, 0.15) is 11.6 Å². The molecular formula is C12H13N3O2. The number of nitrogens with one attached hydrogen (secondary N) is 1. The fourth-order valence-electron chi connectivity index (χ4n) is 1.52. The van der Waals surface area contributed by atoms with E-state index in [-0.39, 0.29) is 12.1 Å². The number of methoxy groups -OCH3 is 1. The van der Waals surface area contributed by atoms with Crippen LogP contribution in [0.2, 0.25) is 0 Å². The second-order valence-electron chi connectivity index (χ2n) is 3.52. The minimum atomic E-state index is -0.210. The molecule has 0 fully saturated rings. The molecule has 0 saturated heterocycles. The molecule has 0 atom stereocenters. The smallest absolute Gasteiger partial charge is 0.251 e. The van der Waals surface area contributed by atoms with E-state index in [0.29, 0.717) is 17.3 Å². The van der Waals surface area contributed by atoms with Gasteiger partial charge in [0.2, 0.25) is 0 Å². The number of H-pyrrole nitrogens is 1. The summed E-state index contributed by atoms with van der Waals surface area (Å²) < 4.78 is 5.12. The summed E-state index contributed by atoms with van der Waals surface area (Å²) in [4.78, 5) is 18.3. The van der Waals surface area contributed by atoms with Crippen LogP contribution in [0.1, 0.15) is 5.69 Å². The third-order valence-corrected chi connectivity index (χ3v) is 2.35. The third kappa shape index (κ3) is 2.51. The van der Waals surface area contributed by atoms with Crippen molar-refractivity contribution < 1.29 is 4.74 Å². The van der Waals surface area contributed by atoms with Crippen molar-refractivity contribution in [1.82, 2.24) is 9.97 Å². The van der Waals surface area contributed by atoms with Gasteiger partial charge in [-0.1, -0.05) is 12.1 Å². The second-order valence-corrected chi connectivity index (χ2v) is 3.52. The van der Waals surface area contributed by atoms with Crippen molar-refractivity contribution in [3.05, 3.63) is 46.4 Å². The van der Waals surface area contributed by atoms with Crippen LogP contribution in [0.4, 0.5) is 0 Å². The number of ether oxygens (including phenoxy) is 1. The zero-order valence-electron chi connectivity index (χ0n) is 9.43. The molecule has 2 aromatic rings. The number of nitrogens with two attached hydrogens (primary N) is 1. The maximum atomic E-state index is 11.4. The van der Waals surface area contributed by atoms with Crippen molar-refractivity contribution in [3.63, 3.8) is 0 Å². The molecule has 0 saturated carbocycles. The highest BCUT2D eigenvalue weighted by Crippen LogP contribution is 2.19. The van der Waals surface area contributed by atoms with Gasteiger partial charge in [-0.15, -0.1) is 0 Å². The van der Waals surface area contributed by atoms with E-state index < -0.39 is 0 Å². The molecule has 3 N–H and O–H groups in total. The van der Waals surface area contributed by atoms with E-state index in [1.807, 2.05) is 18.2 Å². The van der Waals surface area contributed by atoms with E-state index in [2.05, 4.69) is 9.97 Å². The molecule has 1 heterocycles. The molecule has 17 heavy (non-hydrogen) atoms. The summed E-state index contributed by atoms with van der Waals surface area (Å²) in [5.74, 6) is 1.21. The van der Waals surface area contributed by atoms with Crippen molar-refractivity contribution in [2.75, 3.05) is 7.11 Å². The summed E-state index contributed by atoms with van der Waals surface area (Å²) in [7, 11) is 1.59. The average molecular weight is 231 g/mol. The van der Waals surface area contributed by atoms with E-state index in [1.54, 1.807) is 13.2 Å². The van der Waals surface area contributed by atoms with E-state index in [4.69, 9.17) is 10.5 Å². The molecule has 1 aromatic heterocycles. The Bertz CT molecular complexity index is 578. The summed E-state index contributed by atoms with van der Waals surface area (Å²) in [5, 5.41) is 0. The fraction of sp³-hybridized carbons (Fsp3) is 0.167. The summed E-state index contributed by atoms with van der Waals surface area (Å²) >= 11 is 0. The van der Waals surface area contributed by atoms with Crippen LogP contribution in [0.15, 0.2) is 35.1 Å². The Balaban J connectivity index is 2.51. The molecule has 88 valence electrons. The molecule has 0 aliphatic rings. The number of aromatic nitrogens is 2. The van der Waals surface area contributed by atoms with Crippen molar-refractivity contribution in [2.24, 2.45) is 5.73 Å². The van der Waals surface area contributed by atoms with Gasteiger partial charge in [0.25, 0.3) is 5.56 Å². The number of nitrogens with zero attached hydrogens (tertiary/aromatic N) is 1. The fourth-order valence-corrected chi connectivity index (χ4v) is 1.52. The number of aromatic amines is 1. The van der Waals surface area contributed by atoms with Gasteiger partial charge in [-0.3, -0.25) is 4.79 Å². The molecule has 0 radical (unpaired) electrons. The molecule has 5 nitrogen and oxygen atoms in total. The van der Waals surface area contributed by atoms with Crippen LogP contribution >= 0.6 is 0 Å². The van der Waals surface area contributed by atoms with Crippen molar-refractivity contribution in [2.45, 2.75) is 6.54 Å². The zero-order valence-corrected chi connectivity index (χ0v) is 9.43. The van der Waals surface area contributed by atoms with Gasteiger partial charge in [-0.2, -0.15) is 0 Å². The Kier molecular flexibility index (Phi) is 3.20. The number of benzene rings is 1. The van der Waals surface area contributed by atoms with E-state index in [0.717, 1.165) is 5.56 Å². The topological polar surface area (TPSA) is 81.0 Å². The lowest BCUT2D eigenvalue weighted by molar-refractivity contribution is 0.415. The molecule has 0 aliphatic carbocycles. The van der Waals surface area contributed by atoms with Gasteiger partial charge in [-0.05, 0) is 12.1 Å². The predicted octanol–water partition coefficient (Wildman–Crippen LogP) is 0.904. The Morgan fingerprint density at radius 2 is 2.24 bits per heavy atom. The first kappa shape index (κ1) is 11.3. The van der Waals surface area contributed by atoms with Gasteiger partial charge in [-0.25, -0.2) is 4.98 Å². The Hall–Kier alpha value is -2.14. The monoisotopic (exact) mass is 231 g/mol. The maximum Gasteiger partial charge on any atom is 0.251 e. The Morgan fingerprint density at radius 1 is 1.41 bits per heavy atom. The van der Waals surface area contributed by atoms with Gasteiger partial charge in [0.05, 0.1) is 12.8 Å². The highest BCUT2D eigenvalue weighted by atomic mass is 16.5. The van der Waals surface area contributed by atoms with Gasteiger partial charge in [0, 0.05) is 18.2 Å². The highest BCUT2D eigenvalue weighted by molar-refractivity contribution is 5.57. The van der Waals surface area contributed by atoms with Crippen LogP contribution in [0.25, 0.3) is 11.4 Å². The number of rotatable bonds is 3. The summed E-state index contributed by atoms with van der Waals surface area (Å²) in [6.07, 6.45) is 0. The van der Waals surface area contributed by atoms with Crippen LogP contribution in [-0.4, -0.2) is 17.1 Å². The van der Waals surface area contributed by atoms with Crippen LogP contribution in [0.5, 0.6) is 5.75 Å². The van der Waals surface area contributed by atoms with Crippen molar-refractivity contribution in [1.29, 1.82) is 0 Å². The quantitative estimate of drug-likeness (QED) is 0.822. The number of hydrogen-bond donors (Lipinski definition) is 2. The molecule has 0 aliphatic heterocycles. The maximum absolute atomic E-state index is 11.4. The number of hydrogen-bond acceptors (Lipinski definition) is 4. The zero-order chi connectivity index (χ0) is 12.3. The summed E-state index contributed by atoms with van der Waals surface area (Å²) in [6.45, 7) is 0.237. The predicted molar refractivity (Wildman–Crippen MR) is 64.7 cm³/mol. The van der Waals surface area contributed by atoms with Gasteiger partial charge >= 0.3 is 0 Å². The van der Waals surface area contributed by atoms with Crippen molar-refractivity contribution >= 4 is 0 Å². The molecule has 5 heteroatoms. The largest absolute Gasteiger partial charge is 0.497 e. The van der Waals surface area contributed by atoms with Crippen LogP contribution in [0, 0.1) is 0 Å². The van der Waals surface area contributed by atoms with Gasteiger partial charge < -0.3 is 15.5 Å². The first-order valence-electron chi connectivity index (χ1n) is 5.17. The third-order valence-electron chi connectivity index (χ3n) is 2.35. The molecular weight excluding hydrogens is 218 g/mol. The second kappa shape index (κ2) is 4.80. The lowest BCUT2D eigenvalue weighted by Gasteiger charge is -2.05. The van der Waals surface area contributed by atoms with Crippen LogP contribution in [-0.2, 0) is 6.54 Å². The molecule has 0 unspecified atom stereocenters. The first-order valence-corrected chi connectivity index (χ1v) is 5.17. The highest BCUT2D eigenvalue weighted by Gasteiger charge is 2.04. The lowest BCUT2D eigenvalue weighted by atomic mass is 10.2. The summed E-state index contributed by atoms with van der Waals surface area (Å²) in [6, 6.07) is 8.71. The Labute approximate surface area is 98.3 Å². The van der Waals surface area contributed by atoms with Gasteiger partial charge in [0.15, 0.2) is 0 Å². The Morgan fingerprint density at radius 3 is 2.94 bits per heavy atom. The minimum Gasteiger partial charge on any atom is -0.497 e. The van der Waals surface area contributed by atoms with E-state index >= 15 is 0 Å². The molecule has 2 rings (SSSR count). The standard InChI is InChI=1S/C12H13N3O2/c1-17-10-4-2-3-8(5-10)12-14-9(7-13)6-11(16)15-12/h2-6H,7,13H2,1H3,(H,14,15,16). The van der Waals surface area contributed by atoms with E-state index in [9.17, 15) is 4.79 Å². The van der Waals surface area contributed by atoms with E-state index in [1.165, 1.54) is 6.07 Å². The lowest BCUT2D eigenvalue weighted by Crippen LogP contribution is -2.12. The molecule has 1 aromatic carbocycles. The first-order chi connectivity index (χ1) is 8.22.